The second-order valence-corrected chi connectivity index (χ2v) is 5.26. The molecule has 1 unspecified atom stereocenters. The lowest BCUT2D eigenvalue weighted by molar-refractivity contribution is 0.486. The lowest BCUT2D eigenvalue weighted by Crippen LogP contribution is -2.11. The van der Waals surface area contributed by atoms with E-state index in [9.17, 15) is 0 Å². The van der Waals surface area contributed by atoms with Crippen LogP contribution in [0, 0.1) is 5.92 Å². The minimum absolute atomic E-state index is 0.981. The molecule has 0 N–H and O–H groups in total. The third kappa shape index (κ3) is 3.06. The van der Waals surface area contributed by atoms with Gasteiger partial charge < -0.3 is 0 Å². The second-order valence-electron chi connectivity index (χ2n) is 4.11. The number of rotatable bonds is 3. The molecule has 1 aromatic rings. The molecule has 1 aromatic carbocycles. The van der Waals surface area contributed by atoms with Crippen LogP contribution in [-0.2, 0) is 6.42 Å². The van der Waals surface area contributed by atoms with Crippen molar-refractivity contribution in [1.82, 2.24) is 0 Å². The van der Waals surface area contributed by atoms with Crippen LogP contribution >= 0.6 is 11.8 Å². The van der Waals surface area contributed by atoms with Crippen molar-refractivity contribution in [2.75, 3.05) is 11.5 Å². The first kappa shape index (κ1) is 10.1. The predicted octanol–water partition coefficient (Wildman–Crippen LogP) is 3.76. The van der Waals surface area contributed by atoms with Gasteiger partial charge in [-0.05, 0) is 48.7 Å². The van der Waals surface area contributed by atoms with Gasteiger partial charge in [-0.2, -0.15) is 11.8 Å². The molecule has 14 heavy (non-hydrogen) atoms. The topological polar surface area (TPSA) is 0 Å². The van der Waals surface area contributed by atoms with Gasteiger partial charge in [-0.3, -0.25) is 0 Å². The Labute approximate surface area is 91.1 Å². The zero-order valence-corrected chi connectivity index (χ0v) is 9.43. The summed E-state index contributed by atoms with van der Waals surface area (Å²) in [6, 6.07) is 10.9. The van der Waals surface area contributed by atoms with Crippen molar-refractivity contribution in [3.8, 4) is 0 Å². The summed E-state index contributed by atoms with van der Waals surface area (Å²) in [7, 11) is 0. The van der Waals surface area contributed by atoms with Crippen LogP contribution in [0.1, 0.15) is 24.8 Å². The highest BCUT2D eigenvalue weighted by molar-refractivity contribution is 7.99. The largest absolute Gasteiger partial charge is 0.162 e. The lowest BCUT2D eigenvalue weighted by atomic mass is 9.97. The summed E-state index contributed by atoms with van der Waals surface area (Å²) in [5.74, 6) is 3.77. The average Bonchev–Trinajstić information content (AvgIpc) is 2.29. The fourth-order valence-electron chi connectivity index (χ4n) is 2.05. The molecule has 0 aromatic heterocycles. The molecule has 0 nitrogen and oxygen atoms in total. The number of benzene rings is 1. The first-order valence-corrected chi connectivity index (χ1v) is 6.72. The van der Waals surface area contributed by atoms with Crippen molar-refractivity contribution < 1.29 is 0 Å². The molecule has 1 fully saturated rings. The summed E-state index contributed by atoms with van der Waals surface area (Å²) >= 11 is 2.14. The Hall–Kier alpha value is -0.430. The summed E-state index contributed by atoms with van der Waals surface area (Å²) < 4.78 is 0. The standard InChI is InChI=1S/C13H18S/c1-2-5-12(6-3-1)8-9-13-7-4-10-14-11-13/h1-3,5-6,13H,4,7-11H2. The Morgan fingerprint density at radius 3 is 2.79 bits per heavy atom. The van der Waals surface area contributed by atoms with Gasteiger partial charge in [0.25, 0.3) is 0 Å². The monoisotopic (exact) mass is 206 g/mol. The van der Waals surface area contributed by atoms with Gasteiger partial charge in [0.05, 0.1) is 0 Å². The van der Waals surface area contributed by atoms with E-state index in [1.54, 1.807) is 0 Å². The van der Waals surface area contributed by atoms with Gasteiger partial charge in [-0.15, -0.1) is 0 Å². The Kier molecular flexibility index (Phi) is 3.93. The van der Waals surface area contributed by atoms with Gasteiger partial charge in [-0.1, -0.05) is 30.3 Å². The van der Waals surface area contributed by atoms with Crippen LogP contribution in [-0.4, -0.2) is 11.5 Å². The van der Waals surface area contributed by atoms with E-state index in [1.807, 2.05) is 0 Å². The van der Waals surface area contributed by atoms with Crippen molar-refractivity contribution in [1.29, 1.82) is 0 Å². The van der Waals surface area contributed by atoms with E-state index in [-0.39, 0.29) is 0 Å². The molecule has 1 aliphatic heterocycles. The molecule has 1 heteroatoms. The summed E-state index contributed by atoms with van der Waals surface area (Å²) in [6.45, 7) is 0. The normalized spacial score (nSPS) is 22.1. The SMILES string of the molecule is c1ccc(CCC2CCCSC2)cc1. The van der Waals surface area contributed by atoms with Crippen LogP contribution in [0.2, 0.25) is 0 Å². The van der Waals surface area contributed by atoms with E-state index in [1.165, 1.54) is 42.8 Å². The highest BCUT2D eigenvalue weighted by Gasteiger charge is 2.12. The van der Waals surface area contributed by atoms with Crippen LogP contribution < -0.4 is 0 Å². The molecule has 0 bridgehead atoms. The third-order valence-corrected chi connectivity index (χ3v) is 4.22. The molecule has 0 amide bonds. The Morgan fingerprint density at radius 1 is 1.21 bits per heavy atom. The molecule has 1 heterocycles. The van der Waals surface area contributed by atoms with Crippen molar-refractivity contribution in [3.63, 3.8) is 0 Å². The Morgan fingerprint density at radius 2 is 2.07 bits per heavy atom. The number of aryl methyl sites for hydroxylation is 1. The van der Waals surface area contributed by atoms with Crippen molar-refractivity contribution in [2.24, 2.45) is 5.92 Å². The van der Waals surface area contributed by atoms with E-state index in [4.69, 9.17) is 0 Å². The van der Waals surface area contributed by atoms with Crippen LogP contribution in [0.4, 0.5) is 0 Å². The molecular weight excluding hydrogens is 188 g/mol. The first-order chi connectivity index (χ1) is 6.95. The van der Waals surface area contributed by atoms with Crippen LogP contribution in [0.5, 0.6) is 0 Å². The highest BCUT2D eigenvalue weighted by Crippen LogP contribution is 2.26. The predicted molar refractivity (Wildman–Crippen MR) is 64.8 cm³/mol. The molecule has 0 spiro atoms. The van der Waals surface area contributed by atoms with Crippen LogP contribution in [0.15, 0.2) is 30.3 Å². The van der Waals surface area contributed by atoms with Gasteiger partial charge in [-0.25, -0.2) is 0 Å². The molecule has 2 rings (SSSR count). The van der Waals surface area contributed by atoms with Crippen LogP contribution in [0.3, 0.4) is 0 Å². The number of hydrogen-bond donors (Lipinski definition) is 0. The third-order valence-electron chi connectivity index (χ3n) is 2.94. The maximum atomic E-state index is 2.25. The van der Waals surface area contributed by atoms with Crippen molar-refractivity contribution >= 4 is 11.8 Å². The number of thioether (sulfide) groups is 1. The maximum Gasteiger partial charge on any atom is -0.00390 e. The highest BCUT2D eigenvalue weighted by atomic mass is 32.2. The zero-order valence-electron chi connectivity index (χ0n) is 8.61. The van der Waals surface area contributed by atoms with Gasteiger partial charge >= 0.3 is 0 Å². The smallest absolute Gasteiger partial charge is 0.00390 e. The average molecular weight is 206 g/mol. The molecular formula is C13H18S. The van der Waals surface area contributed by atoms with E-state index in [2.05, 4.69) is 42.1 Å². The molecule has 1 saturated heterocycles. The van der Waals surface area contributed by atoms with E-state index >= 15 is 0 Å². The summed E-state index contributed by atoms with van der Waals surface area (Å²) in [6.07, 6.45) is 5.55. The minimum atomic E-state index is 0.981. The number of hydrogen-bond acceptors (Lipinski definition) is 1. The van der Waals surface area contributed by atoms with Gasteiger partial charge in [0.2, 0.25) is 0 Å². The fourth-order valence-corrected chi connectivity index (χ4v) is 3.25. The van der Waals surface area contributed by atoms with Crippen molar-refractivity contribution in [2.45, 2.75) is 25.7 Å². The zero-order chi connectivity index (χ0) is 9.64. The summed E-state index contributed by atoms with van der Waals surface area (Å²) in [4.78, 5) is 0. The summed E-state index contributed by atoms with van der Waals surface area (Å²) in [5.41, 5.74) is 1.50. The Bertz CT molecular complexity index is 249. The van der Waals surface area contributed by atoms with Gasteiger partial charge in [0.15, 0.2) is 0 Å². The second kappa shape index (κ2) is 5.45. The minimum Gasteiger partial charge on any atom is -0.162 e. The van der Waals surface area contributed by atoms with Crippen LogP contribution in [0.25, 0.3) is 0 Å². The quantitative estimate of drug-likeness (QED) is 0.725. The summed E-state index contributed by atoms with van der Waals surface area (Å²) in [5, 5.41) is 0. The first-order valence-electron chi connectivity index (χ1n) is 5.57. The Balaban J connectivity index is 1.76. The molecule has 0 aliphatic carbocycles. The fraction of sp³-hybridized carbons (Fsp3) is 0.538. The maximum absolute atomic E-state index is 2.25. The van der Waals surface area contributed by atoms with E-state index < -0.39 is 0 Å². The molecule has 1 aliphatic rings. The van der Waals surface area contributed by atoms with E-state index in [0.29, 0.717) is 0 Å². The van der Waals surface area contributed by atoms with Gasteiger partial charge in [0, 0.05) is 0 Å². The lowest BCUT2D eigenvalue weighted by Gasteiger charge is -2.20. The molecule has 0 radical (unpaired) electrons. The van der Waals surface area contributed by atoms with E-state index in [0.717, 1.165) is 5.92 Å². The molecule has 1 atom stereocenters. The molecule has 76 valence electrons. The van der Waals surface area contributed by atoms with Gasteiger partial charge in [0.1, 0.15) is 0 Å². The van der Waals surface area contributed by atoms with Crippen molar-refractivity contribution in [3.05, 3.63) is 35.9 Å². The molecule has 0 saturated carbocycles.